The van der Waals surface area contributed by atoms with Crippen LogP contribution in [0, 0.1) is 5.92 Å². The minimum absolute atomic E-state index is 0.00424. The maximum absolute atomic E-state index is 12.1. The molecule has 102 valence electrons. The SMILES string of the molecule is O=C(O)CC1CCCN(CCc2ccccc2)C1=O. The molecule has 1 aliphatic heterocycles. The van der Waals surface area contributed by atoms with Crippen LogP contribution in [0.25, 0.3) is 0 Å². The predicted molar refractivity (Wildman–Crippen MR) is 71.7 cm³/mol. The summed E-state index contributed by atoms with van der Waals surface area (Å²) in [4.78, 5) is 24.7. The molecule has 0 saturated carbocycles. The fourth-order valence-corrected chi connectivity index (χ4v) is 2.55. The first-order chi connectivity index (χ1) is 9.16. The van der Waals surface area contributed by atoms with Crippen molar-refractivity contribution in [2.45, 2.75) is 25.7 Å². The predicted octanol–water partition coefficient (Wildman–Crippen LogP) is 1.94. The number of carbonyl (C=O) groups excluding carboxylic acids is 1. The van der Waals surface area contributed by atoms with Crippen LogP contribution in [0.3, 0.4) is 0 Å². The van der Waals surface area contributed by atoms with Crippen molar-refractivity contribution in [1.82, 2.24) is 4.90 Å². The number of carboxylic acids is 1. The molecule has 1 saturated heterocycles. The number of likely N-dealkylation sites (tertiary alicyclic amines) is 1. The van der Waals surface area contributed by atoms with Crippen LogP contribution in [0.2, 0.25) is 0 Å². The molecule has 1 amide bonds. The van der Waals surface area contributed by atoms with Crippen molar-refractivity contribution in [3.05, 3.63) is 35.9 Å². The van der Waals surface area contributed by atoms with Gasteiger partial charge in [0.25, 0.3) is 0 Å². The summed E-state index contributed by atoms with van der Waals surface area (Å²) in [5.74, 6) is -1.21. The molecule has 1 heterocycles. The van der Waals surface area contributed by atoms with E-state index in [4.69, 9.17) is 5.11 Å². The van der Waals surface area contributed by atoms with Crippen LogP contribution in [0.1, 0.15) is 24.8 Å². The lowest BCUT2D eigenvalue weighted by atomic mass is 9.93. The van der Waals surface area contributed by atoms with Crippen LogP contribution >= 0.6 is 0 Å². The summed E-state index contributed by atoms with van der Waals surface area (Å²) in [6.07, 6.45) is 2.39. The van der Waals surface area contributed by atoms with E-state index in [1.54, 1.807) is 0 Å². The van der Waals surface area contributed by atoms with Gasteiger partial charge in [-0.15, -0.1) is 0 Å². The lowest BCUT2D eigenvalue weighted by Crippen LogP contribution is -2.42. The zero-order valence-electron chi connectivity index (χ0n) is 10.9. The minimum Gasteiger partial charge on any atom is -0.481 e. The lowest BCUT2D eigenvalue weighted by Gasteiger charge is -2.31. The van der Waals surface area contributed by atoms with E-state index < -0.39 is 5.97 Å². The number of hydrogen-bond acceptors (Lipinski definition) is 2. The maximum Gasteiger partial charge on any atom is 0.304 e. The monoisotopic (exact) mass is 261 g/mol. The van der Waals surface area contributed by atoms with Crippen LogP contribution in [-0.4, -0.2) is 35.0 Å². The summed E-state index contributed by atoms with van der Waals surface area (Å²) in [7, 11) is 0. The molecule has 0 aromatic heterocycles. The largest absolute Gasteiger partial charge is 0.481 e. The number of piperidine rings is 1. The minimum atomic E-state index is -0.886. The maximum atomic E-state index is 12.1. The van der Waals surface area contributed by atoms with E-state index in [1.807, 2.05) is 35.2 Å². The first-order valence-electron chi connectivity index (χ1n) is 6.71. The van der Waals surface area contributed by atoms with Gasteiger partial charge in [-0.1, -0.05) is 30.3 Å². The normalized spacial score (nSPS) is 19.5. The summed E-state index contributed by atoms with van der Waals surface area (Å²) < 4.78 is 0. The van der Waals surface area contributed by atoms with Gasteiger partial charge in [-0.05, 0) is 24.8 Å². The Morgan fingerprint density at radius 3 is 2.74 bits per heavy atom. The van der Waals surface area contributed by atoms with E-state index in [0.717, 1.165) is 19.4 Å². The molecule has 1 fully saturated rings. The third kappa shape index (κ3) is 3.81. The Morgan fingerprint density at radius 2 is 2.05 bits per heavy atom. The Balaban J connectivity index is 1.89. The van der Waals surface area contributed by atoms with Gasteiger partial charge in [0.1, 0.15) is 0 Å². The second-order valence-electron chi connectivity index (χ2n) is 5.00. The molecule has 1 aliphatic rings. The molecule has 0 spiro atoms. The molecular formula is C15H19NO3. The second-order valence-corrected chi connectivity index (χ2v) is 5.00. The number of rotatable bonds is 5. The Kier molecular flexibility index (Phi) is 4.55. The summed E-state index contributed by atoms with van der Waals surface area (Å²) >= 11 is 0. The third-order valence-electron chi connectivity index (χ3n) is 3.58. The Hall–Kier alpha value is -1.84. The van der Waals surface area contributed by atoms with Gasteiger partial charge in [0.2, 0.25) is 5.91 Å². The van der Waals surface area contributed by atoms with Crippen LogP contribution < -0.4 is 0 Å². The standard InChI is InChI=1S/C15H19NO3/c17-14(18)11-13-7-4-9-16(15(13)19)10-8-12-5-2-1-3-6-12/h1-3,5-6,13H,4,7-11H2,(H,17,18). The van der Waals surface area contributed by atoms with Gasteiger partial charge < -0.3 is 10.0 Å². The smallest absolute Gasteiger partial charge is 0.304 e. The highest BCUT2D eigenvalue weighted by molar-refractivity contribution is 5.83. The van der Waals surface area contributed by atoms with Gasteiger partial charge in [-0.3, -0.25) is 9.59 Å². The molecule has 1 N–H and O–H groups in total. The summed E-state index contributed by atoms with van der Waals surface area (Å²) in [5, 5.41) is 8.81. The average molecular weight is 261 g/mol. The highest BCUT2D eigenvalue weighted by Crippen LogP contribution is 2.21. The lowest BCUT2D eigenvalue weighted by molar-refractivity contribution is -0.146. The number of amides is 1. The van der Waals surface area contributed by atoms with Gasteiger partial charge in [0, 0.05) is 19.0 Å². The Labute approximate surface area is 113 Å². The highest BCUT2D eigenvalue weighted by Gasteiger charge is 2.29. The van der Waals surface area contributed by atoms with Crippen molar-refractivity contribution in [2.75, 3.05) is 13.1 Å². The molecule has 0 aliphatic carbocycles. The summed E-state index contributed by atoms with van der Waals surface area (Å²) in [5.41, 5.74) is 1.20. The second kappa shape index (κ2) is 6.36. The highest BCUT2D eigenvalue weighted by atomic mass is 16.4. The average Bonchev–Trinajstić information content (AvgIpc) is 2.40. The van der Waals surface area contributed by atoms with Crippen molar-refractivity contribution in [3.63, 3.8) is 0 Å². The van der Waals surface area contributed by atoms with E-state index in [9.17, 15) is 9.59 Å². The Morgan fingerprint density at radius 1 is 1.32 bits per heavy atom. The zero-order chi connectivity index (χ0) is 13.7. The number of carboxylic acid groups (broad SMARTS) is 1. The number of benzene rings is 1. The third-order valence-corrected chi connectivity index (χ3v) is 3.58. The Bertz CT molecular complexity index is 444. The number of nitrogens with zero attached hydrogens (tertiary/aromatic N) is 1. The van der Waals surface area contributed by atoms with Crippen molar-refractivity contribution in [3.8, 4) is 0 Å². The number of aliphatic carboxylic acids is 1. The van der Waals surface area contributed by atoms with Crippen molar-refractivity contribution < 1.29 is 14.7 Å². The van der Waals surface area contributed by atoms with Gasteiger partial charge in [-0.2, -0.15) is 0 Å². The summed E-state index contributed by atoms with van der Waals surface area (Å²) in [6, 6.07) is 10.0. The first-order valence-corrected chi connectivity index (χ1v) is 6.71. The van der Waals surface area contributed by atoms with Gasteiger partial charge in [0.05, 0.1) is 6.42 Å². The molecule has 19 heavy (non-hydrogen) atoms. The quantitative estimate of drug-likeness (QED) is 0.881. The first kappa shape index (κ1) is 13.6. The number of carbonyl (C=O) groups is 2. The molecule has 4 nitrogen and oxygen atoms in total. The molecule has 1 unspecified atom stereocenters. The van der Waals surface area contributed by atoms with Crippen LogP contribution in [0.15, 0.2) is 30.3 Å². The molecule has 1 atom stereocenters. The molecule has 4 heteroatoms. The molecular weight excluding hydrogens is 242 g/mol. The van der Waals surface area contributed by atoms with Crippen molar-refractivity contribution in [1.29, 1.82) is 0 Å². The van der Waals surface area contributed by atoms with E-state index in [0.29, 0.717) is 13.0 Å². The molecule has 0 radical (unpaired) electrons. The van der Waals surface area contributed by atoms with Crippen LogP contribution in [0.5, 0.6) is 0 Å². The van der Waals surface area contributed by atoms with Gasteiger partial charge in [0.15, 0.2) is 0 Å². The summed E-state index contributed by atoms with van der Waals surface area (Å²) in [6.45, 7) is 1.43. The van der Waals surface area contributed by atoms with E-state index in [1.165, 1.54) is 5.56 Å². The van der Waals surface area contributed by atoms with Crippen LogP contribution in [-0.2, 0) is 16.0 Å². The van der Waals surface area contributed by atoms with Crippen molar-refractivity contribution >= 4 is 11.9 Å². The fourth-order valence-electron chi connectivity index (χ4n) is 2.55. The molecule has 1 aromatic rings. The molecule has 0 bridgehead atoms. The van der Waals surface area contributed by atoms with E-state index >= 15 is 0 Å². The van der Waals surface area contributed by atoms with Gasteiger partial charge in [-0.25, -0.2) is 0 Å². The number of hydrogen-bond donors (Lipinski definition) is 1. The molecule has 2 rings (SSSR count). The topological polar surface area (TPSA) is 57.6 Å². The van der Waals surface area contributed by atoms with E-state index in [2.05, 4.69) is 0 Å². The van der Waals surface area contributed by atoms with Gasteiger partial charge >= 0.3 is 5.97 Å². The molecule has 1 aromatic carbocycles. The van der Waals surface area contributed by atoms with Crippen molar-refractivity contribution in [2.24, 2.45) is 5.92 Å². The van der Waals surface area contributed by atoms with Crippen LogP contribution in [0.4, 0.5) is 0 Å². The van der Waals surface area contributed by atoms with E-state index in [-0.39, 0.29) is 18.2 Å². The zero-order valence-corrected chi connectivity index (χ0v) is 10.9. The fraction of sp³-hybridized carbons (Fsp3) is 0.467.